The fourth-order valence-corrected chi connectivity index (χ4v) is 1.72. The molecule has 1 aromatic carbocycles. The first-order valence-corrected chi connectivity index (χ1v) is 5.79. The van der Waals surface area contributed by atoms with Crippen LogP contribution in [0.5, 0.6) is 0 Å². The van der Waals surface area contributed by atoms with Crippen molar-refractivity contribution < 1.29 is 5.11 Å². The first kappa shape index (κ1) is 11.8. The number of rotatable bonds is 4. The Hall–Kier alpha value is -1.68. The van der Waals surface area contributed by atoms with Crippen molar-refractivity contribution in [2.75, 3.05) is 11.9 Å². The molecule has 4 heteroatoms. The maximum Gasteiger partial charge on any atom is 0.137 e. The monoisotopic (exact) mass is 231 g/mol. The number of para-hydroxylation sites is 1. The summed E-state index contributed by atoms with van der Waals surface area (Å²) in [5.41, 5.74) is 0.908. The van der Waals surface area contributed by atoms with Gasteiger partial charge in [0.05, 0.1) is 18.2 Å². The molecule has 0 aliphatic rings. The van der Waals surface area contributed by atoms with Gasteiger partial charge in [-0.1, -0.05) is 26.0 Å². The highest BCUT2D eigenvalue weighted by Gasteiger charge is 2.13. The molecule has 0 aliphatic heterocycles. The molecule has 1 atom stereocenters. The number of aromatic nitrogens is 2. The highest BCUT2D eigenvalue weighted by molar-refractivity contribution is 5.88. The second-order valence-corrected chi connectivity index (χ2v) is 4.42. The molecule has 17 heavy (non-hydrogen) atoms. The molecule has 0 spiro atoms. The molecule has 0 unspecified atom stereocenters. The number of nitrogens with one attached hydrogen (secondary N) is 1. The molecule has 0 saturated carbocycles. The quantitative estimate of drug-likeness (QED) is 0.845. The van der Waals surface area contributed by atoms with Crippen LogP contribution in [-0.2, 0) is 0 Å². The van der Waals surface area contributed by atoms with Crippen molar-refractivity contribution in [2.45, 2.75) is 19.9 Å². The van der Waals surface area contributed by atoms with Gasteiger partial charge >= 0.3 is 0 Å². The normalized spacial score (nSPS) is 12.9. The van der Waals surface area contributed by atoms with Crippen molar-refractivity contribution in [3.63, 3.8) is 0 Å². The number of nitrogens with zero attached hydrogens (tertiary/aromatic N) is 2. The van der Waals surface area contributed by atoms with Crippen LogP contribution >= 0.6 is 0 Å². The number of hydrogen-bond donors (Lipinski definition) is 2. The lowest BCUT2D eigenvalue weighted by molar-refractivity contribution is 0.249. The van der Waals surface area contributed by atoms with Crippen molar-refractivity contribution in [2.24, 2.45) is 5.92 Å². The van der Waals surface area contributed by atoms with Gasteiger partial charge in [0.25, 0.3) is 0 Å². The van der Waals surface area contributed by atoms with Gasteiger partial charge in [-0.25, -0.2) is 9.97 Å². The Balaban J connectivity index is 2.35. The molecular formula is C13H17N3O. The molecule has 0 fully saturated rings. The summed E-state index contributed by atoms with van der Waals surface area (Å²) >= 11 is 0. The third-order valence-electron chi connectivity index (χ3n) is 2.87. The van der Waals surface area contributed by atoms with Gasteiger partial charge in [-0.2, -0.15) is 0 Å². The van der Waals surface area contributed by atoms with E-state index in [2.05, 4.69) is 29.1 Å². The Labute approximate surface area is 101 Å². The smallest absolute Gasteiger partial charge is 0.137 e. The first-order valence-electron chi connectivity index (χ1n) is 5.79. The maximum atomic E-state index is 9.32. The highest BCUT2D eigenvalue weighted by Crippen LogP contribution is 2.20. The minimum absolute atomic E-state index is 0.00769. The van der Waals surface area contributed by atoms with Crippen molar-refractivity contribution in [3.8, 4) is 0 Å². The Kier molecular flexibility index (Phi) is 3.54. The summed E-state index contributed by atoms with van der Waals surface area (Å²) in [5.74, 6) is 1.12. The molecule has 2 N–H and O–H groups in total. The number of benzene rings is 1. The molecule has 90 valence electrons. The summed E-state index contributed by atoms with van der Waals surface area (Å²) in [7, 11) is 0. The molecule has 2 aromatic rings. The zero-order chi connectivity index (χ0) is 12.3. The van der Waals surface area contributed by atoms with E-state index in [0.717, 1.165) is 16.7 Å². The van der Waals surface area contributed by atoms with Crippen LogP contribution in [0.3, 0.4) is 0 Å². The van der Waals surface area contributed by atoms with Gasteiger partial charge in [0.2, 0.25) is 0 Å². The predicted octanol–water partition coefficient (Wildman–Crippen LogP) is 2.06. The average molecular weight is 231 g/mol. The van der Waals surface area contributed by atoms with E-state index in [9.17, 15) is 5.11 Å². The van der Waals surface area contributed by atoms with Gasteiger partial charge in [-0.05, 0) is 18.1 Å². The number of anilines is 1. The van der Waals surface area contributed by atoms with Crippen LogP contribution in [0.15, 0.2) is 30.6 Å². The van der Waals surface area contributed by atoms with Gasteiger partial charge in [0.1, 0.15) is 12.1 Å². The Bertz CT molecular complexity index is 493. The van der Waals surface area contributed by atoms with E-state index >= 15 is 0 Å². The van der Waals surface area contributed by atoms with Gasteiger partial charge in [0, 0.05) is 5.39 Å². The summed E-state index contributed by atoms with van der Waals surface area (Å²) in [6.45, 7) is 4.23. The lowest BCUT2D eigenvalue weighted by atomic mass is 10.1. The Morgan fingerprint density at radius 2 is 2.00 bits per heavy atom. The van der Waals surface area contributed by atoms with E-state index in [0.29, 0.717) is 5.92 Å². The minimum atomic E-state index is 0.00769. The molecule has 0 saturated heterocycles. The first-order chi connectivity index (χ1) is 8.22. The van der Waals surface area contributed by atoms with Gasteiger partial charge in [-0.15, -0.1) is 0 Å². The lowest BCUT2D eigenvalue weighted by Gasteiger charge is -2.21. The summed E-state index contributed by atoms with van der Waals surface area (Å²) in [4.78, 5) is 8.45. The topological polar surface area (TPSA) is 58.0 Å². The van der Waals surface area contributed by atoms with E-state index in [1.807, 2.05) is 24.3 Å². The average Bonchev–Trinajstić information content (AvgIpc) is 2.35. The molecule has 2 rings (SSSR count). The van der Waals surface area contributed by atoms with E-state index in [4.69, 9.17) is 0 Å². The molecule has 0 bridgehead atoms. The minimum Gasteiger partial charge on any atom is -0.394 e. The third kappa shape index (κ3) is 2.53. The second-order valence-electron chi connectivity index (χ2n) is 4.42. The van der Waals surface area contributed by atoms with Crippen LogP contribution in [-0.4, -0.2) is 27.7 Å². The fraction of sp³-hybridized carbons (Fsp3) is 0.385. The summed E-state index contributed by atoms with van der Waals surface area (Å²) in [6, 6.07) is 7.84. The number of aliphatic hydroxyl groups excluding tert-OH is 1. The van der Waals surface area contributed by atoms with Gasteiger partial charge in [0.15, 0.2) is 0 Å². The summed E-state index contributed by atoms with van der Waals surface area (Å²) < 4.78 is 0. The van der Waals surface area contributed by atoms with Crippen LogP contribution in [0.2, 0.25) is 0 Å². The molecule has 1 aromatic heterocycles. The number of hydrogen-bond acceptors (Lipinski definition) is 4. The summed E-state index contributed by atoms with van der Waals surface area (Å²) in [6.07, 6.45) is 1.54. The Morgan fingerprint density at radius 1 is 1.24 bits per heavy atom. The number of fused-ring (bicyclic) bond motifs is 1. The zero-order valence-electron chi connectivity index (χ0n) is 10.1. The standard InChI is InChI=1S/C13H17N3O/c1-9(2)12(7-17)16-13-10-5-3-4-6-11(10)14-8-15-13/h3-6,8-9,12,17H,7H2,1-2H3,(H,14,15,16)/t12-/m1/s1. The third-order valence-corrected chi connectivity index (χ3v) is 2.87. The fourth-order valence-electron chi connectivity index (χ4n) is 1.72. The van der Waals surface area contributed by atoms with Crippen LogP contribution in [0.4, 0.5) is 5.82 Å². The van der Waals surface area contributed by atoms with E-state index in [1.54, 1.807) is 6.33 Å². The van der Waals surface area contributed by atoms with E-state index < -0.39 is 0 Å². The van der Waals surface area contributed by atoms with E-state index in [1.165, 1.54) is 0 Å². The highest BCUT2D eigenvalue weighted by atomic mass is 16.3. The number of aliphatic hydroxyl groups is 1. The summed E-state index contributed by atoms with van der Waals surface area (Å²) in [5, 5.41) is 13.6. The van der Waals surface area contributed by atoms with Crippen molar-refractivity contribution in [1.29, 1.82) is 0 Å². The van der Waals surface area contributed by atoms with Crippen LogP contribution in [0, 0.1) is 5.92 Å². The second kappa shape index (κ2) is 5.10. The molecule has 1 heterocycles. The largest absolute Gasteiger partial charge is 0.394 e. The molecule has 0 aliphatic carbocycles. The van der Waals surface area contributed by atoms with Crippen LogP contribution < -0.4 is 5.32 Å². The van der Waals surface area contributed by atoms with Gasteiger partial charge in [-0.3, -0.25) is 0 Å². The predicted molar refractivity (Wildman–Crippen MR) is 68.9 cm³/mol. The SMILES string of the molecule is CC(C)[C@@H](CO)Nc1ncnc2ccccc12. The molecule has 0 amide bonds. The molecular weight excluding hydrogens is 214 g/mol. The van der Waals surface area contributed by atoms with Crippen molar-refractivity contribution >= 4 is 16.7 Å². The van der Waals surface area contributed by atoms with Crippen LogP contribution in [0.1, 0.15) is 13.8 Å². The van der Waals surface area contributed by atoms with Crippen LogP contribution in [0.25, 0.3) is 10.9 Å². The zero-order valence-corrected chi connectivity index (χ0v) is 10.1. The van der Waals surface area contributed by atoms with Crippen molar-refractivity contribution in [1.82, 2.24) is 9.97 Å². The molecule has 4 nitrogen and oxygen atoms in total. The maximum absolute atomic E-state index is 9.32. The van der Waals surface area contributed by atoms with Gasteiger partial charge < -0.3 is 10.4 Å². The lowest BCUT2D eigenvalue weighted by Crippen LogP contribution is -2.29. The Morgan fingerprint density at radius 3 is 2.71 bits per heavy atom. The van der Waals surface area contributed by atoms with Crippen molar-refractivity contribution in [3.05, 3.63) is 30.6 Å². The molecule has 0 radical (unpaired) electrons. The van der Waals surface area contributed by atoms with E-state index in [-0.39, 0.29) is 12.6 Å².